The molecule has 4 atom stereocenters. The molecule has 0 aromatic heterocycles. The first-order valence-corrected chi connectivity index (χ1v) is 11.1. The van der Waals surface area contributed by atoms with Crippen LogP contribution in [0.5, 0.6) is 0 Å². The van der Waals surface area contributed by atoms with Gasteiger partial charge in [0.05, 0.1) is 18.7 Å². The largest absolute Gasteiger partial charge is 0.459 e. The monoisotopic (exact) mass is 471 g/mol. The van der Waals surface area contributed by atoms with Crippen LogP contribution in [0.1, 0.15) is 44.9 Å². The highest BCUT2D eigenvalue weighted by Crippen LogP contribution is 2.31. The topological polar surface area (TPSA) is 102 Å². The zero-order valence-corrected chi connectivity index (χ0v) is 20.2. The maximum atomic E-state index is 12.1. The summed E-state index contributed by atoms with van der Waals surface area (Å²) in [5.41, 5.74) is 1.90. The third kappa shape index (κ3) is 7.40. The Morgan fingerprint density at radius 3 is 1.56 bits per heavy atom. The number of esters is 3. The van der Waals surface area contributed by atoms with Crippen LogP contribution in [-0.4, -0.2) is 65.9 Å². The lowest BCUT2D eigenvalue weighted by Crippen LogP contribution is -2.56. The highest BCUT2D eigenvalue weighted by atomic mass is 16.6. The normalized spacial score (nSPS) is 14.7. The van der Waals surface area contributed by atoms with Crippen molar-refractivity contribution in [1.29, 1.82) is 0 Å². The molecule has 2 aromatic rings. The molecule has 184 valence electrons. The van der Waals surface area contributed by atoms with Gasteiger partial charge in [0.2, 0.25) is 0 Å². The molecule has 8 nitrogen and oxygen atoms in total. The molecule has 8 heteroatoms. The van der Waals surface area contributed by atoms with Gasteiger partial charge in [-0.2, -0.15) is 0 Å². The van der Waals surface area contributed by atoms with Gasteiger partial charge in [-0.25, -0.2) is 0 Å². The van der Waals surface area contributed by atoms with E-state index in [0.717, 1.165) is 11.1 Å². The Kier molecular flexibility index (Phi) is 10.2. The van der Waals surface area contributed by atoms with Gasteiger partial charge in [0.15, 0.2) is 12.2 Å². The van der Waals surface area contributed by atoms with Gasteiger partial charge in [0, 0.05) is 20.8 Å². The number of hydrogen-bond acceptors (Lipinski definition) is 8. The molecule has 2 aromatic carbocycles. The molecule has 0 unspecified atom stereocenters. The lowest BCUT2D eigenvalue weighted by Gasteiger charge is -2.41. The fourth-order valence-electron chi connectivity index (χ4n) is 4.10. The van der Waals surface area contributed by atoms with Crippen molar-refractivity contribution in [3.05, 3.63) is 71.8 Å². The number of nitrogens with zero attached hydrogens (tertiary/aromatic N) is 1. The number of benzene rings is 2. The van der Waals surface area contributed by atoms with Crippen molar-refractivity contribution in [2.75, 3.05) is 13.7 Å². The van der Waals surface area contributed by atoms with Gasteiger partial charge in [0.1, 0.15) is 6.10 Å². The Hall–Kier alpha value is -3.23. The quantitative estimate of drug-likeness (QED) is 0.394. The summed E-state index contributed by atoms with van der Waals surface area (Å²) in [7, 11) is 1.80. The number of aliphatic hydroxyl groups excluding tert-OH is 1. The average Bonchev–Trinajstić information content (AvgIpc) is 2.78. The minimum Gasteiger partial charge on any atom is -0.459 e. The highest BCUT2D eigenvalue weighted by molar-refractivity contribution is 5.68. The van der Waals surface area contributed by atoms with Crippen molar-refractivity contribution in [3.8, 4) is 0 Å². The Labute approximate surface area is 200 Å². The van der Waals surface area contributed by atoms with Gasteiger partial charge in [-0.1, -0.05) is 60.7 Å². The van der Waals surface area contributed by atoms with E-state index in [4.69, 9.17) is 14.2 Å². The summed E-state index contributed by atoms with van der Waals surface area (Å²) in [6.45, 7) is 4.81. The predicted molar refractivity (Wildman–Crippen MR) is 126 cm³/mol. The number of hydrogen-bond donors (Lipinski definition) is 1. The van der Waals surface area contributed by atoms with Crippen LogP contribution in [0.25, 0.3) is 0 Å². The van der Waals surface area contributed by atoms with Gasteiger partial charge in [-0.3, -0.25) is 19.3 Å². The Balaban J connectivity index is 2.56. The Morgan fingerprint density at radius 2 is 1.18 bits per heavy atom. The van der Waals surface area contributed by atoms with Gasteiger partial charge in [-0.15, -0.1) is 0 Å². The second-order valence-electron chi connectivity index (χ2n) is 8.10. The number of ether oxygens (including phenoxy) is 3. The van der Waals surface area contributed by atoms with Crippen LogP contribution < -0.4 is 0 Å². The van der Waals surface area contributed by atoms with E-state index in [0.29, 0.717) is 0 Å². The van der Waals surface area contributed by atoms with Gasteiger partial charge < -0.3 is 19.3 Å². The molecule has 0 fully saturated rings. The van der Waals surface area contributed by atoms with Gasteiger partial charge >= 0.3 is 17.9 Å². The summed E-state index contributed by atoms with van der Waals surface area (Å²) in [6.07, 6.45) is -3.20. The smallest absolute Gasteiger partial charge is 0.303 e. The van der Waals surface area contributed by atoms with Crippen LogP contribution in [-0.2, 0) is 28.6 Å². The van der Waals surface area contributed by atoms with E-state index < -0.39 is 48.9 Å². The van der Waals surface area contributed by atoms with E-state index >= 15 is 0 Å². The standard InChI is InChI=1S/C26H33NO7/c1-17(32-18(2)29)25(33-19(3)30)26(34-20(4)31)23(16-28)27(5)24(21-12-8-6-9-13-21)22-14-10-7-11-15-22/h6-15,17,23-26,28H,16H2,1-5H3/t17-,23+,25+,26-/m1/s1. The van der Waals surface area contributed by atoms with E-state index in [2.05, 4.69) is 0 Å². The number of aliphatic hydroxyl groups is 1. The molecule has 0 radical (unpaired) electrons. The predicted octanol–water partition coefficient (Wildman–Crippen LogP) is 2.88. The molecule has 0 heterocycles. The molecular weight excluding hydrogens is 438 g/mol. The zero-order chi connectivity index (χ0) is 25.3. The molecule has 0 bridgehead atoms. The molecule has 0 aliphatic carbocycles. The van der Waals surface area contributed by atoms with E-state index in [-0.39, 0.29) is 6.04 Å². The van der Waals surface area contributed by atoms with Crippen molar-refractivity contribution in [2.24, 2.45) is 0 Å². The molecular formula is C26H33NO7. The molecule has 0 saturated heterocycles. The van der Waals surface area contributed by atoms with Crippen LogP contribution in [0.4, 0.5) is 0 Å². The summed E-state index contributed by atoms with van der Waals surface area (Å²) in [5, 5.41) is 10.5. The van der Waals surface area contributed by atoms with E-state index in [1.165, 1.54) is 20.8 Å². The molecule has 2 rings (SSSR count). The van der Waals surface area contributed by atoms with Crippen LogP contribution in [0, 0.1) is 0 Å². The summed E-state index contributed by atoms with van der Waals surface area (Å²) in [6, 6.07) is 18.2. The molecule has 0 aliphatic rings. The summed E-state index contributed by atoms with van der Waals surface area (Å²) in [4.78, 5) is 37.5. The maximum Gasteiger partial charge on any atom is 0.303 e. The van der Waals surface area contributed by atoms with Gasteiger partial charge in [0.25, 0.3) is 0 Å². The van der Waals surface area contributed by atoms with Crippen LogP contribution >= 0.6 is 0 Å². The van der Waals surface area contributed by atoms with Gasteiger partial charge in [-0.05, 0) is 25.1 Å². The first-order valence-electron chi connectivity index (χ1n) is 11.1. The van der Waals surface area contributed by atoms with Crippen molar-refractivity contribution < 1.29 is 33.7 Å². The van der Waals surface area contributed by atoms with E-state index in [1.807, 2.05) is 65.6 Å². The maximum absolute atomic E-state index is 12.1. The molecule has 0 spiro atoms. The first-order chi connectivity index (χ1) is 16.1. The first kappa shape index (κ1) is 27.0. The molecule has 34 heavy (non-hydrogen) atoms. The highest BCUT2D eigenvalue weighted by Gasteiger charge is 2.43. The van der Waals surface area contributed by atoms with E-state index in [1.54, 1.807) is 14.0 Å². The SMILES string of the molecule is CC(=O)O[C@H]([C@H](OC(C)=O)[C@H](CO)N(C)C(c1ccccc1)c1ccccc1)[C@@H](C)OC(C)=O. The minimum atomic E-state index is -1.14. The number of rotatable bonds is 11. The minimum absolute atomic E-state index is 0.320. The second kappa shape index (κ2) is 12.9. The third-order valence-corrected chi connectivity index (χ3v) is 5.47. The molecule has 0 saturated carbocycles. The third-order valence-electron chi connectivity index (χ3n) is 5.47. The van der Waals surface area contributed by atoms with Crippen molar-refractivity contribution in [3.63, 3.8) is 0 Å². The summed E-state index contributed by atoms with van der Waals surface area (Å²) in [5.74, 6) is -1.84. The van der Waals surface area contributed by atoms with Crippen LogP contribution in [0.3, 0.4) is 0 Å². The number of carbonyl (C=O) groups is 3. The summed E-state index contributed by atoms with van der Waals surface area (Å²) >= 11 is 0. The average molecular weight is 472 g/mol. The fraction of sp³-hybridized carbons (Fsp3) is 0.423. The second-order valence-corrected chi connectivity index (χ2v) is 8.10. The lowest BCUT2D eigenvalue weighted by atomic mass is 9.93. The summed E-state index contributed by atoms with van der Waals surface area (Å²) < 4.78 is 16.3. The number of carbonyl (C=O) groups excluding carboxylic acids is 3. The number of likely N-dealkylation sites (N-methyl/N-ethyl adjacent to an activating group) is 1. The molecule has 1 N–H and O–H groups in total. The molecule has 0 aliphatic heterocycles. The molecule has 0 amide bonds. The van der Waals surface area contributed by atoms with Crippen LogP contribution in [0.2, 0.25) is 0 Å². The Morgan fingerprint density at radius 1 is 0.765 bits per heavy atom. The lowest BCUT2D eigenvalue weighted by molar-refractivity contribution is -0.189. The van der Waals surface area contributed by atoms with Crippen LogP contribution in [0.15, 0.2) is 60.7 Å². The van der Waals surface area contributed by atoms with E-state index in [9.17, 15) is 19.5 Å². The Bertz CT molecular complexity index is 895. The van der Waals surface area contributed by atoms with Crippen molar-refractivity contribution in [2.45, 2.75) is 58.1 Å². The zero-order valence-electron chi connectivity index (χ0n) is 20.2. The fourth-order valence-corrected chi connectivity index (χ4v) is 4.10. The van der Waals surface area contributed by atoms with Crippen molar-refractivity contribution in [1.82, 2.24) is 4.90 Å². The van der Waals surface area contributed by atoms with Crippen molar-refractivity contribution >= 4 is 17.9 Å².